The van der Waals surface area contributed by atoms with Gasteiger partial charge >= 0.3 is 0 Å². The van der Waals surface area contributed by atoms with E-state index < -0.39 is 0 Å². The summed E-state index contributed by atoms with van der Waals surface area (Å²) >= 11 is 2.94. The summed E-state index contributed by atoms with van der Waals surface area (Å²) in [5.74, 6) is -0.144. The number of anilines is 1. The second kappa shape index (κ2) is 7.93. The first kappa shape index (κ1) is 17.8. The van der Waals surface area contributed by atoms with E-state index in [0.717, 1.165) is 22.2 Å². The lowest BCUT2D eigenvalue weighted by atomic mass is 10.1. The minimum atomic E-state index is -0.144. The van der Waals surface area contributed by atoms with Crippen molar-refractivity contribution in [1.29, 1.82) is 0 Å². The normalized spacial score (nSPS) is 15.6. The first-order valence-electron chi connectivity index (χ1n) is 7.98. The molecule has 5 heteroatoms. The quantitative estimate of drug-likeness (QED) is 0.714. The van der Waals surface area contributed by atoms with E-state index in [9.17, 15) is 4.79 Å². The number of carbonyl (C=O) groups excluding carboxylic acids is 1. The molecule has 0 unspecified atom stereocenters. The Balaban J connectivity index is 1.68. The van der Waals surface area contributed by atoms with Gasteiger partial charge in [0.2, 0.25) is 0 Å². The SMILES string of the molecule is CSC1=NC(=O)C(=Cc2ccc(N(C)Cc3ccc(C)cc3)cc2)S1. The van der Waals surface area contributed by atoms with Gasteiger partial charge in [-0.15, -0.1) is 11.8 Å². The Morgan fingerprint density at radius 1 is 1.12 bits per heavy atom. The van der Waals surface area contributed by atoms with Gasteiger partial charge in [0.15, 0.2) is 0 Å². The summed E-state index contributed by atoms with van der Waals surface area (Å²) in [5, 5.41) is 0. The Hall–Kier alpha value is -1.98. The van der Waals surface area contributed by atoms with E-state index >= 15 is 0 Å². The van der Waals surface area contributed by atoms with E-state index in [1.54, 1.807) is 0 Å². The number of nitrogens with zero attached hydrogens (tertiary/aromatic N) is 2. The zero-order valence-electron chi connectivity index (χ0n) is 14.5. The number of rotatable bonds is 4. The van der Waals surface area contributed by atoms with Crippen molar-refractivity contribution in [2.75, 3.05) is 18.2 Å². The van der Waals surface area contributed by atoms with Gasteiger partial charge in [-0.3, -0.25) is 4.79 Å². The van der Waals surface area contributed by atoms with Gasteiger partial charge < -0.3 is 4.90 Å². The number of hydrogen-bond donors (Lipinski definition) is 0. The molecule has 1 aliphatic rings. The number of carbonyl (C=O) groups is 1. The monoisotopic (exact) mass is 368 g/mol. The fourth-order valence-corrected chi connectivity index (χ4v) is 3.93. The van der Waals surface area contributed by atoms with Crippen LogP contribution in [0.15, 0.2) is 58.4 Å². The van der Waals surface area contributed by atoms with Crippen LogP contribution in [0.4, 0.5) is 5.69 Å². The predicted molar refractivity (Wildman–Crippen MR) is 111 cm³/mol. The third kappa shape index (κ3) is 4.55. The molecule has 0 atom stereocenters. The minimum absolute atomic E-state index is 0.144. The minimum Gasteiger partial charge on any atom is -0.370 e. The summed E-state index contributed by atoms with van der Waals surface area (Å²) in [5.41, 5.74) is 4.72. The average Bonchev–Trinajstić information content (AvgIpc) is 2.97. The van der Waals surface area contributed by atoms with Crippen molar-refractivity contribution in [3.63, 3.8) is 0 Å². The topological polar surface area (TPSA) is 32.7 Å². The molecular formula is C20H20N2OS2. The molecule has 0 aliphatic carbocycles. The van der Waals surface area contributed by atoms with Crippen molar-refractivity contribution >= 4 is 45.6 Å². The van der Waals surface area contributed by atoms with E-state index in [1.165, 1.54) is 34.7 Å². The molecule has 0 bridgehead atoms. The Morgan fingerprint density at radius 3 is 2.40 bits per heavy atom. The molecular weight excluding hydrogens is 348 g/mol. The highest BCUT2D eigenvalue weighted by Gasteiger charge is 2.20. The highest BCUT2D eigenvalue weighted by Crippen LogP contribution is 2.32. The number of amides is 1. The Labute approximate surface area is 157 Å². The van der Waals surface area contributed by atoms with Crippen LogP contribution in [0.2, 0.25) is 0 Å². The highest BCUT2D eigenvalue weighted by atomic mass is 32.2. The number of hydrogen-bond acceptors (Lipinski definition) is 4. The molecule has 25 heavy (non-hydrogen) atoms. The molecule has 0 spiro atoms. The smallest absolute Gasteiger partial charge is 0.285 e. The number of thioether (sulfide) groups is 2. The molecule has 0 N–H and O–H groups in total. The van der Waals surface area contributed by atoms with Gasteiger partial charge in [0.25, 0.3) is 5.91 Å². The Morgan fingerprint density at radius 2 is 1.80 bits per heavy atom. The highest BCUT2D eigenvalue weighted by molar-refractivity contribution is 8.40. The van der Waals surface area contributed by atoms with Crippen molar-refractivity contribution in [3.8, 4) is 0 Å². The van der Waals surface area contributed by atoms with E-state index in [2.05, 4.69) is 60.3 Å². The van der Waals surface area contributed by atoms with Crippen molar-refractivity contribution in [2.24, 2.45) is 4.99 Å². The molecule has 2 aromatic carbocycles. The van der Waals surface area contributed by atoms with Crippen LogP contribution in [0.5, 0.6) is 0 Å². The van der Waals surface area contributed by atoms with Crippen LogP contribution in [0.1, 0.15) is 16.7 Å². The standard InChI is InChI=1S/C20H20N2OS2/c1-14-4-6-16(7-5-14)13-22(2)17-10-8-15(9-11-17)12-18-19(23)21-20(24-3)25-18/h4-12H,13H2,1-3H3. The summed E-state index contributed by atoms with van der Waals surface area (Å²) in [6.45, 7) is 2.96. The van der Waals surface area contributed by atoms with Crippen molar-refractivity contribution < 1.29 is 4.79 Å². The maximum atomic E-state index is 11.9. The van der Waals surface area contributed by atoms with Crippen LogP contribution < -0.4 is 4.90 Å². The van der Waals surface area contributed by atoms with E-state index in [0.29, 0.717) is 4.91 Å². The molecule has 128 valence electrons. The molecule has 1 aliphatic heterocycles. The van der Waals surface area contributed by atoms with Crippen LogP contribution in [-0.4, -0.2) is 23.6 Å². The van der Waals surface area contributed by atoms with Gasteiger partial charge in [-0.2, -0.15) is 4.99 Å². The van der Waals surface area contributed by atoms with Crippen molar-refractivity contribution in [1.82, 2.24) is 0 Å². The summed E-state index contributed by atoms with van der Waals surface area (Å²) in [6.07, 6.45) is 3.84. The zero-order valence-corrected chi connectivity index (χ0v) is 16.2. The predicted octanol–water partition coefficient (Wildman–Crippen LogP) is 4.96. The maximum Gasteiger partial charge on any atom is 0.285 e. The Bertz CT molecular complexity index is 824. The van der Waals surface area contributed by atoms with Gasteiger partial charge in [-0.05, 0) is 42.5 Å². The lowest BCUT2D eigenvalue weighted by Crippen LogP contribution is -2.16. The lowest BCUT2D eigenvalue weighted by Gasteiger charge is -2.19. The molecule has 3 nitrogen and oxygen atoms in total. The van der Waals surface area contributed by atoms with E-state index in [-0.39, 0.29) is 5.91 Å². The molecule has 1 amide bonds. The second-order valence-corrected chi connectivity index (χ2v) is 8.01. The maximum absolute atomic E-state index is 11.9. The first-order valence-corrected chi connectivity index (χ1v) is 10.0. The fourth-order valence-electron chi connectivity index (χ4n) is 2.51. The summed E-state index contributed by atoms with van der Waals surface area (Å²) in [7, 11) is 2.09. The summed E-state index contributed by atoms with van der Waals surface area (Å²) in [4.78, 5) is 18.8. The molecule has 0 radical (unpaired) electrons. The fraction of sp³-hybridized carbons (Fsp3) is 0.200. The average molecular weight is 369 g/mol. The van der Waals surface area contributed by atoms with E-state index in [1.807, 2.05) is 24.5 Å². The van der Waals surface area contributed by atoms with Crippen LogP contribution in [0.25, 0.3) is 6.08 Å². The number of benzene rings is 2. The third-order valence-electron chi connectivity index (χ3n) is 3.95. The van der Waals surface area contributed by atoms with Crippen molar-refractivity contribution in [2.45, 2.75) is 13.5 Å². The molecule has 3 rings (SSSR count). The number of aliphatic imine (C=N–C) groups is 1. The Kier molecular flexibility index (Phi) is 5.66. The third-order valence-corrected chi connectivity index (χ3v) is 5.92. The molecule has 2 aromatic rings. The molecule has 0 aromatic heterocycles. The van der Waals surface area contributed by atoms with E-state index in [4.69, 9.17) is 0 Å². The van der Waals surface area contributed by atoms with Gasteiger partial charge in [-0.25, -0.2) is 0 Å². The summed E-state index contributed by atoms with van der Waals surface area (Å²) < 4.78 is 0.811. The molecule has 0 saturated heterocycles. The van der Waals surface area contributed by atoms with Gasteiger partial charge in [0.05, 0.1) is 4.91 Å². The molecule has 1 heterocycles. The molecule has 0 fully saturated rings. The van der Waals surface area contributed by atoms with Gasteiger partial charge in [-0.1, -0.05) is 53.7 Å². The summed E-state index contributed by atoms with van der Waals surface area (Å²) in [6, 6.07) is 16.9. The van der Waals surface area contributed by atoms with Crippen LogP contribution in [-0.2, 0) is 11.3 Å². The largest absolute Gasteiger partial charge is 0.370 e. The lowest BCUT2D eigenvalue weighted by molar-refractivity contribution is -0.113. The van der Waals surface area contributed by atoms with Crippen molar-refractivity contribution in [3.05, 3.63) is 70.1 Å². The van der Waals surface area contributed by atoms with Gasteiger partial charge in [0, 0.05) is 19.3 Å². The molecule has 0 saturated carbocycles. The van der Waals surface area contributed by atoms with Crippen LogP contribution in [0, 0.1) is 6.92 Å². The number of aryl methyl sites for hydroxylation is 1. The second-order valence-electron chi connectivity index (χ2n) is 5.93. The first-order chi connectivity index (χ1) is 12.0. The van der Waals surface area contributed by atoms with Gasteiger partial charge in [0.1, 0.15) is 4.38 Å². The van der Waals surface area contributed by atoms with Crippen LogP contribution in [0.3, 0.4) is 0 Å². The zero-order chi connectivity index (χ0) is 17.8. The van der Waals surface area contributed by atoms with Crippen LogP contribution >= 0.6 is 23.5 Å².